The van der Waals surface area contributed by atoms with Gasteiger partial charge in [0.2, 0.25) is 6.79 Å². The molecule has 1 fully saturated rings. The molecule has 1 aromatic rings. The molecule has 1 saturated heterocycles. The molecule has 148 valence electrons. The fourth-order valence-corrected chi connectivity index (χ4v) is 3.84. The van der Waals surface area contributed by atoms with Crippen LogP contribution in [0.5, 0.6) is 11.5 Å². The Kier molecular flexibility index (Phi) is 5.49. The molecule has 5 N–H and O–H groups in total. The van der Waals surface area contributed by atoms with Crippen LogP contribution >= 0.6 is 0 Å². The molecule has 3 aliphatic rings. The molecule has 3 aliphatic heterocycles. The lowest BCUT2D eigenvalue weighted by molar-refractivity contribution is 0.116. The number of nitrogens with one attached hydrogen (secondary N) is 5. The van der Waals surface area contributed by atoms with Crippen molar-refractivity contribution in [2.45, 2.75) is 44.4 Å². The van der Waals surface area contributed by atoms with Crippen LogP contribution in [0.25, 0.3) is 5.57 Å². The molecule has 0 radical (unpaired) electrons. The average Bonchev–Trinajstić information content (AvgIpc) is 2.96. The molecule has 4 unspecified atom stereocenters. The Hall–Kier alpha value is -1.87. The number of benzene rings is 1. The lowest BCUT2D eigenvalue weighted by Crippen LogP contribution is -2.69. The maximum atomic E-state index is 14.2. The van der Waals surface area contributed by atoms with Crippen molar-refractivity contribution >= 4 is 11.3 Å². The van der Waals surface area contributed by atoms with Gasteiger partial charge < -0.3 is 25.4 Å². The number of ether oxygens (including phenoxy) is 2. The largest absolute Gasteiger partial charge is 0.453 e. The van der Waals surface area contributed by atoms with E-state index in [4.69, 9.17) is 9.47 Å². The zero-order chi connectivity index (χ0) is 18.8. The van der Waals surface area contributed by atoms with Crippen molar-refractivity contribution in [2.24, 2.45) is 0 Å². The summed E-state index contributed by atoms with van der Waals surface area (Å²) in [4.78, 5) is 0. The molecule has 1 aromatic carbocycles. The third-order valence-electron chi connectivity index (χ3n) is 5.30. The number of hydrogen-bond donors (Lipinski definition) is 5. The second-order valence-electron chi connectivity index (χ2n) is 7.20. The fourth-order valence-electron chi connectivity index (χ4n) is 3.84. The van der Waals surface area contributed by atoms with E-state index in [1.807, 2.05) is 13.0 Å². The van der Waals surface area contributed by atoms with Crippen molar-refractivity contribution < 1.29 is 13.9 Å². The molecular weight excluding hydrogens is 349 g/mol. The van der Waals surface area contributed by atoms with Gasteiger partial charge in [-0.3, -0.25) is 10.6 Å². The fraction of sp³-hybridized carbons (Fsp3) is 0.579. The molecule has 0 aromatic heterocycles. The summed E-state index contributed by atoms with van der Waals surface area (Å²) in [5, 5.41) is 16.2. The predicted octanol–water partition coefficient (Wildman–Crippen LogP) is 1.34. The summed E-state index contributed by atoms with van der Waals surface area (Å²) < 4.78 is 25.6. The number of hydrogen-bond acceptors (Lipinski definition) is 7. The number of allylic oxidation sites excluding steroid dienone is 1. The first-order valence-electron chi connectivity index (χ1n) is 9.59. The Morgan fingerprint density at radius 1 is 1.22 bits per heavy atom. The first-order valence-corrected chi connectivity index (χ1v) is 9.59. The van der Waals surface area contributed by atoms with Gasteiger partial charge in [-0.25, -0.2) is 4.39 Å². The van der Waals surface area contributed by atoms with Crippen molar-refractivity contribution in [3.05, 3.63) is 23.8 Å². The Balaban J connectivity index is 1.58. The van der Waals surface area contributed by atoms with Crippen LogP contribution < -0.4 is 36.1 Å². The summed E-state index contributed by atoms with van der Waals surface area (Å²) >= 11 is 0. The molecule has 8 heteroatoms. The van der Waals surface area contributed by atoms with Crippen LogP contribution in [0, 0.1) is 0 Å². The molecule has 0 aliphatic carbocycles. The summed E-state index contributed by atoms with van der Waals surface area (Å²) in [6, 6.07) is 3.75. The van der Waals surface area contributed by atoms with E-state index in [2.05, 4.69) is 38.7 Å². The van der Waals surface area contributed by atoms with E-state index in [9.17, 15) is 4.39 Å². The Morgan fingerprint density at radius 2 is 2.11 bits per heavy atom. The minimum absolute atomic E-state index is 0.236. The maximum Gasteiger partial charge on any atom is 0.231 e. The van der Waals surface area contributed by atoms with E-state index in [1.54, 1.807) is 7.05 Å². The average molecular weight is 377 g/mol. The Labute approximate surface area is 159 Å². The molecule has 3 heterocycles. The van der Waals surface area contributed by atoms with Gasteiger partial charge in [-0.15, -0.1) is 0 Å². The van der Waals surface area contributed by atoms with Gasteiger partial charge in [0.1, 0.15) is 12.5 Å². The van der Waals surface area contributed by atoms with E-state index in [1.165, 1.54) is 5.57 Å². The van der Waals surface area contributed by atoms with E-state index >= 15 is 0 Å². The zero-order valence-corrected chi connectivity index (χ0v) is 15.8. The van der Waals surface area contributed by atoms with Crippen molar-refractivity contribution in [3.8, 4) is 11.5 Å². The van der Waals surface area contributed by atoms with Crippen LogP contribution in [-0.2, 0) is 0 Å². The monoisotopic (exact) mass is 377 g/mol. The molecule has 0 bridgehead atoms. The van der Waals surface area contributed by atoms with Gasteiger partial charge in [-0.2, -0.15) is 0 Å². The summed E-state index contributed by atoms with van der Waals surface area (Å²) in [5.41, 5.74) is 3.23. The Morgan fingerprint density at radius 3 is 2.96 bits per heavy atom. The first kappa shape index (κ1) is 18.5. The summed E-state index contributed by atoms with van der Waals surface area (Å²) in [7, 11) is 1.75. The molecule has 4 rings (SSSR count). The first-order chi connectivity index (χ1) is 13.2. The highest BCUT2D eigenvalue weighted by molar-refractivity contribution is 5.77. The molecule has 7 nitrogen and oxygen atoms in total. The Bertz CT molecular complexity index is 714. The quantitative estimate of drug-likeness (QED) is 0.542. The highest BCUT2D eigenvalue weighted by Crippen LogP contribution is 2.43. The summed E-state index contributed by atoms with van der Waals surface area (Å²) in [6.07, 6.45) is 2.62. The normalized spacial score (nSPS) is 30.6. The van der Waals surface area contributed by atoms with Crippen LogP contribution in [0.4, 0.5) is 10.1 Å². The number of rotatable bonds is 4. The molecule has 0 amide bonds. The SMILES string of the molecule is CNC1NC(Nc2cc3c(c(C4=CCNCCC4)c2)OCO3)NC(C)C1F. The smallest absolute Gasteiger partial charge is 0.231 e. The molecular formula is C19H28FN5O2. The van der Waals surface area contributed by atoms with E-state index in [0.29, 0.717) is 0 Å². The number of halogens is 1. The molecule has 27 heavy (non-hydrogen) atoms. The van der Waals surface area contributed by atoms with Crippen LogP contribution in [0.15, 0.2) is 18.2 Å². The van der Waals surface area contributed by atoms with Gasteiger partial charge in [-0.1, -0.05) is 6.08 Å². The highest BCUT2D eigenvalue weighted by atomic mass is 19.1. The second kappa shape index (κ2) is 8.02. The number of alkyl halides is 1. The van der Waals surface area contributed by atoms with Gasteiger partial charge in [0.25, 0.3) is 0 Å². The third kappa shape index (κ3) is 3.89. The van der Waals surface area contributed by atoms with Crippen LogP contribution in [0.3, 0.4) is 0 Å². The van der Waals surface area contributed by atoms with E-state index in [-0.39, 0.29) is 19.1 Å². The van der Waals surface area contributed by atoms with Crippen molar-refractivity contribution in [1.29, 1.82) is 0 Å². The number of fused-ring (bicyclic) bond motifs is 1. The molecule has 0 saturated carbocycles. The maximum absolute atomic E-state index is 14.2. The molecule has 4 atom stereocenters. The van der Waals surface area contributed by atoms with Gasteiger partial charge >= 0.3 is 0 Å². The summed E-state index contributed by atoms with van der Waals surface area (Å²) in [6.45, 7) is 3.95. The van der Waals surface area contributed by atoms with Crippen LogP contribution in [0.1, 0.15) is 25.3 Å². The van der Waals surface area contributed by atoms with Crippen LogP contribution in [0.2, 0.25) is 0 Å². The molecule has 0 spiro atoms. The lowest BCUT2D eigenvalue weighted by atomic mass is 9.99. The minimum atomic E-state index is -1.01. The van der Waals surface area contributed by atoms with Crippen LogP contribution in [-0.4, -0.2) is 51.6 Å². The lowest BCUT2D eigenvalue weighted by Gasteiger charge is -2.39. The van der Waals surface area contributed by atoms with Gasteiger partial charge in [-0.05, 0) is 45.0 Å². The topological polar surface area (TPSA) is 78.6 Å². The third-order valence-corrected chi connectivity index (χ3v) is 5.30. The minimum Gasteiger partial charge on any atom is -0.453 e. The highest BCUT2D eigenvalue weighted by Gasteiger charge is 2.34. The zero-order valence-electron chi connectivity index (χ0n) is 15.8. The predicted molar refractivity (Wildman–Crippen MR) is 104 cm³/mol. The second-order valence-corrected chi connectivity index (χ2v) is 7.20. The standard InChI is InChI=1S/C19H28FN5O2/c1-11-16(20)18(21-2)25-19(23-11)24-13-8-14(12-4-3-6-22-7-5-12)17-15(9-13)26-10-27-17/h5,8-9,11,16,18-19,21-25H,3-4,6-7,10H2,1-2H3. The van der Waals surface area contributed by atoms with Gasteiger partial charge in [0.15, 0.2) is 11.5 Å². The van der Waals surface area contributed by atoms with E-state index in [0.717, 1.165) is 48.7 Å². The van der Waals surface area contributed by atoms with Crippen molar-refractivity contribution in [1.82, 2.24) is 21.3 Å². The van der Waals surface area contributed by atoms with Gasteiger partial charge in [0, 0.05) is 29.9 Å². The summed E-state index contributed by atoms with van der Waals surface area (Å²) in [5.74, 6) is 1.55. The van der Waals surface area contributed by atoms with Crippen molar-refractivity contribution in [2.75, 3.05) is 32.2 Å². The van der Waals surface area contributed by atoms with Crippen molar-refractivity contribution in [3.63, 3.8) is 0 Å². The van der Waals surface area contributed by atoms with Gasteiger partial charge in [0.05, 0.1) is 6.17 Å². The number of anilines is 1. The van der Waals surface area contributed by atoms with E-state index < -0.39 is 12.3 Å².